The summed E-state index contributed by atoms with van der Waals surface area (Å²) in [6, 6.07) is 14.4. The fourth-order valence-corrected chi connectivity index (χ4v) is 8.74. The Bertz CT molecular complexity index is 2640. The van der Waals surface area contributed by atoms with Crippen LogP contribution in [0.5, 0.6) is 0 Å². The van der Waals surface area contributed by atoms with Crippen molar-refractivity contribution in [2.24, 2.45) is 0 Å². The third-order valence-electron chi connectivity index (χ3n) is 12.3. The van der Waals surface area contributed by atoms with E-state index in [1.807, 2.05) is 0 Å². The van der Waals surface area contributed by atoms with E-state index in [9.17, 15) is 22.8 Å². The van der Waals surface area contributed by atoms with Gasteiger partial charge in [-0.25, -0.2) is 13.2 Å². The van der Waals surface area contributed by atoms with E-state index in [1.54, 1.807) is 48.4 Å². The minimum atomic E-state index is -3.73. The van der Waals surface area contributed by atoms with Gasteiger partial charge in [-0.1, -0.05) is 13.0 Å². The minimum absolute atomic E-state index is 0.00904. The molecule has 3 N–H and O–H groups in total. The lowest BCUT2D eigenvalue weighted by molar-refractivity contribution is -0.186. The maximum absolute atomic E-state index is 14.9. The first-order valence-corrected chi connectivity index (χ1v) is 29.3. The molecule has 2 aromatic rings. The maximum Gasteiger partial charge on any atom is 0.333 e. The van der Waals surface area contributed by atoms with Gasteiger partial charge in [0.05, 0.1) is 168 Å². The first-order valence-electron chi connectivity index (χ1n) is 27.4. The van der Waals surface area contributed by atoms with Crippen LogP contribution < -0.4 is 11.1 Å². The average Bonchev–Trinajstić information content (AvgIpc) is 3.43. The number of fused-ring (bicyclic) bond motifs is 2. The Labute approximate surface area is 474 Å². The molecule has 0 atom stereocenters. The second-order valence-corrected chi connectivity index (χ2v) is 20.5. The largest absolute Gasteiger partial charge is 0.456 e. The Hall–Kier alpha value is -5.45. The van der Waals surface area contributed by atoms with Crippen LogP contribution in [-0.4, -0.2) is 215 Å². The number of hydrogen-bond acceptors (Lipinski definition) is 21. The summed E-state index contributed by atoms with van der Waals surface area (Å²) < 4.78 is 98.3. The predicted molar refractivity (Wildman–Crippen MR) is 298 cm³/mol. The van der Waals surface area contributed by atoms with Crippen molar-refractivity contribution >= 4 is 44.3 Å². The minimum Gasteiger partial charge on any atom is -0.456 e. The summed E-state index contributed by atoms with van der Waals surface area (Å²) in [7, 11) is -2.10. The zero-order valence-electron chi connectivity index (χ0n) is 47.0. The van der Waals surface area contributed by atoms with Gasteiger partial charge in [0.25, 0.3) is 11.8 Å². The monoisotopic (exact) mass is 1160 g/mol. The summed E-state index contributed by atoms with van der Waals surface area (Å²) in [6.07, 6.45) is 3.33. The lowest BCUT2D eigenvalue weighted by atomic mass is 9.90. The Morgan fingerprint density at radius 2 is 1.12 bits per heavy atom. The lowest BCUT2D eigenvalue weighted by Gasteiger charge is -2.25. The number of nitrogen functional groups attached to an aromatic ring is 1. The molecule has 0 bridgehead atoms. The van der Waals surface area contributed by atoms with Gasteiger partial charge >= 0.3 is 5.97 Å². The first kappa shape index (κ1) is 66.4. The van der Waals surface area contributed by atoms with Crippen LogP contribution in [0, 0.1) is 5.41 Å². The van der Waals surface area contributed by atoms with Gasteiger partial charge in [-0.3, -0.25) is 9.59 Å². The second-order valence-electron chi connectivity index (χ2n) is 18.5. The third kappa shape index (κ3) is 24.9. The number of ether oxygens (including phenoxy) is 12. The molecular formula is C57H82N4O19S. The van der Waals surface area contributed by atoms with Gasteiger partial charge in [-0.2, -0.15) is 0 Å². The Balaban J connectivity index is 0.965. The van der Waals surface area contributed by atoms with E-state index in [2.05, 4.69) is 6.58 Å². The number of amides is 2. The molecule has 450 valence electrons. The Morgan fingerprint density at radius 1 is 0.617 bits per heavy atom. The van der Waals surface area contributed by atoms with Crippen LogP contribution in [0.2, 0.25) is 0 Å². The number of nitrogens with one attached hydrogen (secondary N) is 1. The van der Waals surface area contributed by atoms with Gasteiger partial charge in [0.1, 0.15) is 11.3 Å². The van der Waals surface area contributed by atoms with E-state index in [4.69, 9.17) is 77.2 Å². The number of allylic oxidation sites excluding steroid dienone is 1. The molecular weight excluding hydrogens is 1080 g/mol. The van der Waals surface area contributed by atoms with Crippen molar-refractivity contribution < 1.29 is 88.9 Å². The molecule has 2 aliphatic heterocycles. The van der Waals surface area contributed by atoms with Gasteiger partial charge in [0, 0.05) is 79.2 Å². The number of nitrogens with zero attached hydrogens (tertiary/aromatic N) is 2. The number of hydrogen-bond donors (Lipinski definition) is 2. The highest BCUT2D eigenvalue weighted by atomic mass is 32.2. The van der Waals surface area contributed by atoms with Crippen LogP contribution in [0.4, 0.5) is 5.69 Å². The van der Waals surface area contributed by atoms with Crippen LogP contribution in [0.15, 0.2) is 76.2 Å². The number of methoxy groups -OCH3 is 1. The van der Waals surface area contributed by atoms with Crippen molar-refractivity contribution in [2.45, 2.75) is 43.4 Å². The molecule has 1 saturated heterocycles. The zero-order chi connectivity index (χ0) is 57.9. The molecule has 2 aromatic carbocycles. The summed E-state index contributed by atoms with van der Waals surface area (Å²) in [6.45, 7) is 14.2. The number of carbonyl (C=O) groups is 3. The van der Waals surface area contributed by atoms with Gasteiger partial charge in [-0.05, 0) is 67.3 Å². The summed E-state index contributed by atoms with van der Waals surface area (Å²) >= 11 is 0. The van der Waals surface area contributed by atoms with Crippen molar-refractivity contribution in [1.29, 1.82) is 5.41 Å². The van der Waals surface area contributed by atoms with Crippen LogP contribution in [0.1, 0.15) is 48.9 Å². The highest BCUT2D eigenvalue weighted by Crippen LogP contribution is 2.42. The van der Waals surface area contributed by atoms with Crippen LogP contribution >= 0.6 is 0 Å². The Morgan fingerprint density at radius 3 is 1.60 bits per heavy atom. The number of rotatable bonds is 46. The van der Waals surface area contributed by atoms with Gasteiger partial charge in [0.15, 0.2) is 9.84 Å². The quantitative estimate of drug-likeness (QED) is 0.0331. The van der Waals surface area contributed by atoms with Crippen molar-refractivity contribution in [3.8, 4) is 22.5 Å². The molecule has 0 aromatic heterocycles. The third-order valence-corrected chi connectivity index (χ3v) is 13.4. The molecule has 2 heterocycles. The fraction of sp³-hybridized carbons (Fsp3) is 0.579. The van der Waals surface area contributed by atoms with Crippen LogP contribution in [-0.2, 0) is 81.1 Å². The standard InChI is InChI=1S/C57H82N4O19S/c1-44-8-15-54(62)61(44)80-55(63)7-5-4-6-16-60(57(64)48-14-11-47(81(3,65)66)43-51(48)56-49-12-9-45(58)41-52(49)79-53-42-46(59)10-13-50(53)56)17-18-68-21-22-70-25-26-72-29-30-74-33-34-76-37-38-78-40-39-77-36-35-75-32-31-73-28-27-71-24-23-69-20-19-67-2/h9-14,41-43,58H,1,4-8,15-40,59H2,2-3H3. The summed E-state index contributed by atoms with van der Waals surface area (Å²) in [5.41, 5.74) is 9.10. The fourth-order valence-electron chi connectivity index (χ4n) is 8.09. The molecule has 1 aliphatic carbocycles. The molecule has 1 fully saturated rings. The molecule has 3 aliphatic rings. The first-order chi connectivity index (χ1) is 39.4. The number of sulfone groups is 1. The predicted octanol–water partition coefficient (Wildman–Crippen LogP) is 5.10. The van der Waals surface area contributed by atoms with Crippen molar-refractivity contribution in [3.63, 3.8) is 0 Å². The van der Waals surface area contributed by atoms with Crippen molar-refractivity contribution in [3.05, 3.63) is 77.8 Å². The highest BCUT2D eigenvalue weighted by Gasteiger charge is 2.29. The molecule has 0 unspecified atom stereocenters. The number of unbranched alkanes of at least 4 members (excludes halogenated alkanes) is 2. The molecule has 2 amide bonds. The lowest BCUT2D eigenvalue weighted by Crippen LogP contribution is -2.35. The van der Waals surface area contributed by atoms with Crippen LogP contribution in [0.3, 0.4) is 0 Å². The number of benzene rings is 3. The van der Waals surface area contributed by atoms with Gasteiger partial charge < -0.3 is 82.1 Å². The van der Waals surface area contributed by atoms with Crippen molar-refractivity contribution in [2.75, 3.05) is 184 Å². The Kier molecular flexibility index (Phi) is 31.4. The van der Waals surface area contributed by atoms with Gasteiger partial charge in [-0.15, -0.1) is 5.06 Å². The number of carbonyl (C=O) groups excluding carboxylic acids is 3. The summed E-state index contributed by atoms with van der Waals surface area (Å²) in [5.74, 6) is -0.893. The smallest absolute Gasteiger partial charge is 0.333 e. The van der Waals surface area contributed by atoms with Crippen molar-refractivity contribution in [1.82, 2.24) is 9.96 Å². The van der Waals surface area contributed by atoms with Crippen LogP contribution in [0.25, 0.3) is 33.4 Å². The number of nitrogens with two attached hydrogens (primary N) is 1. The zero-order valence-corrected chi connectivity index (χ0v) is 47.8. The van der Waals surface area contributed by atoms with E-state index in [-0.39, 0.29) is 73.4 Å². The van der Waals surface area contributed by atoms with E-state index in [0.29, 0.717) is 203 Å². The number of anilines is 1. The van der Waals surface area contributed by atoms with Gasteiger partial charge in [0.2, 0.25) is 0 Å². The average molecular weight is 1160 g/mol. The molecule has 0 spiro atoms. The second kappa shape index (κ2) is 38.3. The molecule has 24 heteroatoms. The van der Waals surface area contributed by atoms with E-state index in [1.165, 1.54) is 18.2 Å². The summed E-state index contributed by atoms with van der Waals surface area (Å²) in [4.78, 5) is 46.5. The topological polar surface area (TPSA) is 275 Å². The maximum atomic E-state index is 14.9. The molecule has 5 rings (SSSR count). The highest BCUT2D eigenvalue weighted by molar-refractivity contribution is 7.90. The number of hydroxylamine groups is 2. The summed E-state index contributed by atoms with van der Waals surface area (Å²) in [5, 5.41) is 10.0. The molecule has 23 nitrogen and oxygen atoms in total. The van der Waals surface area contributed by atoms with E-state index < -0.39 is 15.8 Å². The molecule has 0 radical (unpaired) electrons. The molecule has 0 saturated carbocycles. The van der Waals surface area contributed by atoms with E-state index >= 15 is 0 Å². The molecule has 81 heavy (non-hydrogen) atoms. The van der Waals surface area contributed by atoms with E-state index in [0.717, 1.165) is 11.3 Å². The SMILES string of the molecule is C=C1CCC(=O)N1OC(=O)CCCCCN(CCOCCOCCOCCOCCOCCOCCOCCOCCOCCOCCOCCOC)C(=O)c1ccc(S(C)(=O)=O)cc1-c1c2ccc(=N)cc-2oc2cc(N)ccc12. The normalized spacial score (nSPS) is 12.8.